The van der Waals surface area contributed by atoms with Crippen LogP contribution in [0.5, 0.6) is 5.75 Å². The number of carboxylic acid groups (broad SMARTS) is 1. The molecule has 6 nitrogen and oxygen atoms in total. The quantitative estimate of drug-likeness (QED) is 0.853. The van der Waals surface area contributed by atoms with E-state index in [4.69, 9.17) is 21.4 Å². The number of benzene rings is 1. The first-order valence-electron chi connectivity index (χ1n) is 6.26. The summed E-state index contributed by atoms with van der Waals surface area (Å²) in [6.45, 7) is 0.341. The van der Waals surface area contributed by atoms with Crippen LogP contribution in [0.4, 0.5) is 5.82 Å². The zero-order chi connectivity index (χ0) is 15.2. The lowest BCUT2D eigenvalue weighted by molar-refractivity contribution is 0.0690. The maximum Gasteiger partial charge on any atom is 0.354 e. The molecule has 110 valence electrons. The molecule has 2 rings (SSSR count). The molecule has 1 aromatic carbocycles. The first-order valence-corrected chi connectivity index (χ1v) is 6.63. The van der Waals surface area contributed by atoms with Crippen LogP contribution in [0.3, 0.4) is 0 Å². The van der Waals surface area contributed by atoms with Gasteiger partial charge in [-0.3, -0.25) is 0 Å². The van der Waals surface area contributed by atoms with Gasteiger partial charge in [0.25, 0.3) is 0 Å². The summed E-state index contributed by atoms with van der Waals surface area (Å²) in [4.78, 5) is 19.2. The maximum absolute atomic E-state index is 11.0. The highest BCUT2D eigenvalue weighted by atomic mass is 35.5. The van der Waals surface area contributed by atoms with Crippen molar-refractivity contribution in [3.8, 4) is 5.75 Å². The van der Waals surface area contributed by atoms with Crippen LogP contribution in [0.25, 0.3) is 0 Å². The molecule has 0 bridgehead atoms. The van der Waals surface area contributed by atoms with Crippen molar-refractivity contribution >= 4 is 23.4 Å². The topological polar surface area (TPSA) is 84.3 Å². The Kier molecular flexibility index (Phi) is 4.94. The molecule has 1 aromatic heterocycles. The van der Waals surface area contributed by atoms with E-state index in [1.807, 2.05) is 0 Å². The first kappa shape index (κ1) is 15.1. The van der Waals surface area contributed by atoms with E-state index in [1.165, 1.54) is 6.07 Å². The van der Waals surface area contributed by atoms with E-state index >= 15 is 0 Å². The molecule has 2 N–H and O–H groups in total. The number of rotatable bonds is 6. The number of ether oxygens (including phenoxy) is 1. The van der Waals surface area contributed by atoms with Crippen molar-refractivity contribution in [1.29, 1.82) is 0 Å². The number of carbonyl (C=O) groups is 1. The summed E-state index contributed by atoms with van der Waals surface area (Å²) in [5.74, 6) is 0.466. The van der Waals surface area contributed by atoms with Gasteiger partial charge in [0.05, 0.1) is 6.61 Å². The average molecular weight is 308 g/mol. The van der Waals surface area contributed by atoms with E-state index in [9.17, 15) is 4.79 Å². The number of nitrogens with zero attached hydrogens (tertiary/aromatic N) is 2. The normalized spacial score (nSPS) is 10.2. The Morgan fingerprint density at radius 2 is 2.05 bits per heavy atom. The fourth-order valence-corrected chi connectivity index (χ4v) is 1.76. The largest absolute Gasteiger partial charge is 0.493 e. The maximum atomic E-state index is 11.0. The molecule has 0 saturated carbocycles. The van der Waals surface area contributed by atoms with E-state index in [2.05, 4.69) is 15.3 Å². The minimum Gasteiger partial charge on any atom is -0.493 e. The lowest BCUT2D eigenvalue weighted by Crippen LogP contribution is -2.11. The highest BCUT2D eigenvalue weighted by Gasteiger charge is 2.10. The van der Waals surface area contributed by atoms with Gasteiger partial charge in [0.2, 0.25) is 0 Å². The third-order valence-electron chi connectivity index (χ3n) is 2.66. The lowest BCUT2D eigenvalue weighted by Gasteiger charge is -2.07. The van der Waals surface area contributed by atoms with E-state index in [0.29, 0.717) is 35.4 Å². The Bertz CT molecular complexity index is 632. The molecule has 0 aliphatic rings. The number of hydrogen-bond acceptors (Lipinski definition) is 5. The summed E-state index contributed by atoms with van der Waals surface area (Å²) in [5.41, 5.74) is -0.0455. The lowest BCUT2D eigenvalue weighted by atomic mass is 10.3. The summed E-state index contributed by atoms with van der Waals surface area (Å²) in [5, 5.41) is 12.4. The van der Waals surface area contributed by atoms with Crippen molar-refractivity contribution in [2.24, 2.45) is 0 Å². The summed E-state index contributed by atoms with van der Waals surface area (Å²) in [7, 11) is 1.67. The predicted octanol–water partition coefficient (Wildman–Crippen LogP) is 2.49. The van der Waals surface area contributed by atoms with Gasteiger partial charge in [-0.2, -0.15) is 0 Å². The third-order valence-corrected chi connectivity index (χ3v) is 2.91. The van der Waals surface area contributed by atoms with Gasteiger partial charge in [0.1, 0.15) is 17.4 Å². The van der Waals surface area contributed by atoms with E-state index in [-0.39, 0.29) is 5.69 Å². The van der Waals surface area contributed by atoms with Crippen molar-refractivity contribution < 1.29 is 14.6 Å². The van der Waals surface area contributed by atoms with Crippen molar-refractivity contribution in [1.82, 2.24) is 9.97 Å². The van der Waals surface area contributed by atoms with Crippen molar-refractivity contribution in [2.75, 3.05) is 19.0 Å². The minimum absolute atomic E-state index is 0.0455. The molecule has 0 aliphatic heterocycles. The SMILES string of the molecule is CNc1cc(C(=O)O)nc(CCOc2ccc(Cl)cc2)n1. The van der Waals surface area contributed by atoms with Gasteiger partial charge in [-0.1, -0.05) is 11.6 Å². The van der Waals surface area contributed by atoms with E-state index in [0.717, 1.165) is 0 Å². The molecule has 0 spiro atoms. The highest BCUT2D eigenvalue weighted by molar-refractivity contribution is 6.30. The molecule has 0 atom stereocenters. The Labute approximate surface area is 126 Å². The fraction of sp³-hybridized carbons (Fsp3) is 0.214. The summed E-state index contributed by atoms with van der Waals surface area (Å²) < 4.78 is 5.53. The molecule has 0 amide bonds. The van der Waals surface area contributed by atoms with Gasteiger partial charge in [-0.15, -0.1) is 0 Å². The third kappa shape index (κ3) is 4.32. The molecule has 0 radical (unpaired) electrons. The van der Waals surface area contributed by atoms with Crippen LogP contribution in [0.2, 0.25) is 5.02 Å². The fourth-order valence-electron chi connectivity index (χ4n) is 1.64. The molecule has 0 aliphatic carbocycles. The molecule has 2 aromatic rings. The van der Waals surface area contributed by atoms with Crippen LogP contribution in [-0.4, -0.2) is 34.7 Å². The number of hydrogen-bond donors (Lipinski definition) is 2. The Morgan fingerprint density at radius 1 is 1.33 bits per heavy atom. The van der Waals surface area contributed by atoms with Gasteiger partial charge < -0.3 is 15.2 Å². The second-order valence-electron chi connectivity index (χ2n) is 4.16. The van der Waals surface area contributed by atoms with Crippen LogP contribution in [-0.2, 0) is 6.42 Å². The van der Waals surface area contributed by atoms with Gasteiger partial charge >= 0.3 is 5.97 Å². The zero-order valence-electron chi connectivity index (χ0n) is 11.3. The molecule has 0 fully saturated rings. The molecular formula is C14H14ClN3O3. The van der Waals surface area contributed by atoms with Crippen molar-refractivity contribution in [3.63, 3.8) is 0 Å². The number of aromatic nitrogens is 2. The smallest absolute Gasteiger partial charge is 0.354 e. The number of nitrogens with one attached hydrogen (secondary N) is 1. The van der Waals surface area contributed by atoms with Crippen molar-refractivity contribution in [3.05, 3.63) is 46.9 Å². The summed E-state index contributed by atoms with van der Waals surface area (Å²) in [6.07, 6.45) is 0.401. The van der Waals surface area contributed by atoms with Crippen molar-refractivity contribution in [2.45, 2.75) is 6.42 Å². The first-order chi connectivity index (χ1) is 10.1. The Hall–Kier alpha value is -2.34. The summed E-state index contributed by atoms with van der Waals surface area (Å²) >= 11 is 5.78. The average Bonchev–Trinajstić information content (AvgIpc) is 2.49. The van der Waals surface area contributed by atoms with Crippen LogP contribution in [0, 0.1) is 0 Å². The second kappa shape index (κ2) is 6.90. The van der Waals surface area contributed by atoms with Crippen LogP contribution in [0.1, 0.15) is 16.3 Å². The van der Waals surface area contributed by atoms with Gasteiger partial charge in [0, 0.05) is 24.6 Å². The molecule has 0 unspecified atom stereocenters. The summed E-state index contributed by atoms with van der Waals surface area (Å²) in [6, 6.07) is 8.37. The van der Waals surface area contributed by atoms with E-state index in [1.54, 1.807) is 31.3 Å². The van der Waals surface area contributed by atoms with Crippen LogP contribution in [0.15, 0.2) is 30.3 Å². The van der Waals surface area contributed by atoms with Gasteiger partial charge in [-0.25, -0.2) is 14.8 Å². The molecule has 1 heterocycles. The minimum atomic E-state index is -1.09. The van der Waals surface area contributed by atoms with Crippen LogP contribution >= 0.6 is 11.6 Å². The predicted molar refractivity (Wildman–Crippen MR) is 79.2 cm³/mol. The zero-order valence-corrected chi connectivity index (χ0v) is 12.1. The standard InChI is InChI=1S/C14H14ClN3O3/c1-16-13-8-11(14(19)20)17-12(18-13)6-7-21-10-4-2-9(15)3-5-10/h2-5,8H,6-7H2,1H3,(H,19,20)(H,16,17,18). The second-order valence-corrected chi connectivity index (χ2v) is 4.60. The van der Waals surface area contributed by atoms with Gasteiger partial charge in [0.15, 0.2) is 5.69 Å². The highest BCUT2D eigenvalue weighted by Crippen LogP contribution is 2.15. The van der Waals surface area contributed by atoms with Crippen LogP contribution < -0.4 is 10.1 Å². The molecular weight excluding hydrogens is 294 g/mol. The van der Waals surface area contributed by atoms with Gasteiger partial charge in [-0.05, 0) is 24.3 Å². The number of anilines is 1. The molecule has 21 heavy (non-hydrogen) atoms. The number of halogens is 1. The Balaban J connectivity index is 2.00. The van der Waals surface area contributed by atoms with E-state index < -0.39 is 5.97 Å². The molecule has 0 saturated heterocycles. The molecule has 7 heteroatoms. The monoisotopic (exact) mass is 307 g/mol. The Morgan fingerprint density at radius 3 is 2.67 bits per heavy atom. The number of aromatic carboxylic acids is 1. The number of carboxylic acids is 1.